The maximum absolute atomic E-state index is 11.7. The van der Waals surface area contributed by atoms with Gasteiger partial charge in [0.2, 0.25) is 0 Å². The molecule has 1 aromatic carbocycles. The molecule has 3 nitrogen and oxygen atoms in total. The van der Waals surface area contributed by atoms with Crippen molar-refractivity contribution in [3.05, 3.63) is 35.9 Å². The maximum atomic E-state index is 11.7. The number of hydrogen-bond donors (Lipinski definition) is 0. The van der Waals surface area contributed by atoms with Crippen LogP contribution in [0, 0.1) is 5.92 Å². The molecular formula is C16H26O3S. The minimum Gasteiger partial charge on any atom is -0.381 e. The molecule has 0 N–H and O–H groups in total. The van der Waals surface area contributed by atoms with Crippen LogP contribution < -0.4 is 0 Å². The molecule has 0 aliphatic heterocycles. The second-order valence-electron chi connectivity index (χ2n) is 5.54. The molecule has 0 fully saturated rings. The van der Waals surface area contributed by atoms with E-state index < -0.39 is 9.84 Å². The number of benzene rings is 1. The van der Waals surface area contributed by atoms with E-state index >= 15 is 0 Å². The van der Waals surface area contributed by atoms with Crippen molar-refractivity contribution in [1.82, 2.24) is 0 Å². The van der Waals surface area contributed by atoms with Gasteiger partial charge < -0.3 is 4.74 Å². The molecule has 0 saturated carbocycles. The summed E-state index contributed by atoms with van der Waals surface area (Å²) in [5.41, 5.74) is 1.25. The fourth-order valence-corrected chi connectivity index (χ4v) is 3.43. The van der Waals surface area contributed by atoms with E-state index in [1.807, 2.05) is 32.0 Å². The SMILES string of the molecule is CC(C)CCS(=O)(=O)CCCOCCc1ccccc1. The number of hydrogen-bond acceptors (Lipinski definition) is 3. The maximum Gasteiger partial charge on any atom is 0.150 e. The summed E-state index contributed by atoms with van der Waals surface area (Å²) in [6.07, 6.45) is 2.22. The van der Waals surface area contributed by atoms with Crippen LogP contribution in [0.4, 0.5) is 0 Å². The molecule has 1 aromatic rings. The van der Waals surface area contributed by atoms with Gasteiger partial charge >= 0.3 is 0 Å². The van der Waals surface area contributed by atoms with E-state index in [9.17, 15) is 8.42 Å². The quantitative estimate of drug-likeness (QED) is 0.623. The summed E-state index contributed by atoms with van der Waals surface area (Å²) in [5.74, 6) is 0.978. The van der Waals surface area contributed by atoms with E-state index in [1.54, 1.807) is 0 Å². The second-order valence-corrected chi connectivity index (χ2v) is 7.84. The van der Waals surface area contributed by atoms with Crippen LogP contribution in [0.15, 0.2) is 30.3 Å². The van der Waals surface area contributed by atoms with Gasteiger partial charge in [0.05, 0.1) is 18.1 Å². The first-order valence-electron chi connectivity index (χ1n) is 7.32. The molecule has 0 saturated heterocycles. The average molecular weight is 298 g/mol. The van der Waals surface area contributed by atoms with E-state index in [0.717, 1.165) is 12.8 Å². The first-order chi connectivity index (χ1) is 9.49. The first-order valence-corrected chi connectivity index (χ1v) is 9.14. The largest absolute Gasteiger partial charge is 0.381 e. The molecule has 0 bridgehead atoms. The van der Waals surface area contributed by atoms with Crippen molar-refractivity contribution in [3.8, 4) is 0 Å². The van der Waals surface area contributed by atoms with Crippen LogP contribution in [0.3, 0.4) is 0 Å². The molecule has 0 aromatic heterocycles. The van der Waals surface area contributed by atoms with Gasteiger partial charge in [-0.15, -0.1) is 0 Å². The monoisotopic (exact) mass is 298 g/mol. The van der Waals surface area contributed by atoms with Gasteiger partial charge in [-0.3, -0.25) is 0 Å². The van der Waals surface area contributed by atoms with Crippen molar-refractivity contribution >= 4 is 9.84 Å². The molecule has 0 amide bonds. The van der Waals surface area contributed by atoms with Crippen molar-refractivity contribution in [2.24, 2.45) is 5.92 Å². The minimum absolute atomic E-state index is 0.241. The molecule has 0 spiro atoms. The van der Waals surface area contributed by atoms with Gasteiger partial charge in [-0.2, -0.15) is 0 Å². The highest BCUT2D eigenvalue weighted by molar-refractivity contribution is 7.91. The van der Waals surface area contributed by atoms with Crippen molar-refractivity contribution in [2.45, 2.75) is 33.1 Å². The Balaban J connectivity index is 2.07. The molecule has 1 rings (SSSR count). The topological polar surface area (TPSA) is 43.4 Å². The van der Waals surface area contributed by atoms with Crippen LogP contribution in [-0.2, 0) is 21.0 Å². The molecule has 0 aliphatic rings. The third-order valence-electron chi connectivity index (χ3n) is 3.13. The van der Waals surface area contributed by atoms with Gasteiger partial charge in [0, 0.05) is 6.61 Å². The highest BCUT2D eigenvalue weighted by Crippen LogP contribution is 2.05. The lowest BCUT2D eigenvalue weighted by Crippen LogP contribution is -2.14. The molecule has 0 aliphatic carbocycles. The van der Waals surface area contributed by atoms with Crippen molar-refractivity contribution in [2.75, 3.05) is 24.7 Å². The second kappa shape index (κ2) is 9.14. The highest BCUT2D eigenvalue weighted by atomic mass is 32.2. The predicted molar refractivity (Wildman–Crippen MR) is 83.7 cm³/mol. The van der Waals surface area contributed by atoms with E-state index in [1.165, 1.54) is 5.56 Å². The average Bonchev–Trinajstić information content (AvgIpc) is 2.42. The van der Waals surface area contributed by atoms with E-state index in [2.05, 4.69) is 12.1 Å². The minimum atomic E-state index is -2.90. The van der Waals surface area contributed by atoms with Gasteiger partial charge in [-0.05, 0) is 30.7 Å². The van der Waals surface area contributed by atoms with Gasteiger partial charge in [-0.1, -0.05) is 44.2 Å². The normalized spacial score (nSPS) is 11.9. The third kappa shape index (κ3) is 8.33. The smallest absolute Gasteiger partial charge is 0.150 e. The Hall–Kier alpha value is -0.870. The van der Waals surface area contributed by atoms with Gasteiger partial charge in [-0.25, -0.2) is 8.42 Å². The molecule has 0 atom stereocenters. The van der Waals surface area contributed by atoms with Crippen LogP contribution >= 0.6 is 0 Å². The first kappa shape index (κ1) is 17.2. The third-order valence-corrected chi connectivity index (χ3v) is 4.90. The summed E-state index contributed by atoms with van der Waals surface area (Å²) in [6, 6.07) is 10.2. The molecule has 0 unspecified atom stereocenters. The van der Waals surface area contributed by atoms with Gasteiger partial charge in [0.15, 0.2) is 0 Å². The Morgan fingerprint density at radius 3 is 2.40 bits per heavy atom. The lowest BCUT2D eigenvalue weighted by Gasteiger charge is -2.07. The van der Waals surface area contributed by atoms with Gasteiger partial charge in [0.25, 0.3) is 0 Å². The lowest BCUT2D eigenvalue weighted by atomic mass is 10.2. The molecular weight excluding hydrogens is 272 g/mol. The standard InChI is InChI=1S/C16H26O3S/c1-15(2)10-14-20(17,18)13-6-11-19-12-9-16-7-4-3-5-8-16/h3-5,7-8,15H,6,9-14H2,1-2H3. The van der Waals surface area contributed by atoms with Crippen LogP contribution in [-0.4, -0.2) is 33.1 Å². The summed E-state index contributed by atoms with van der Waals surface area (Å²) in [6.45, 7) is 5.26. The van der Waals surface area contributed by atoms with E-state index in [0.29, 0.717) is 31.3 Å². The number of sulfone groups is 1. The Bertz CT molecular complexity index is 452. The number of ether oxygens (including phenoxy) is 1. The zero-order valence-corrected chi connectivity index (χ0v) is 13.4. The fourth-order valence-electron chi connectivity index (χ4n) is 1.83. The molecule has 0 radical (unpaired) electrons. The van der Waals surface area contributed by atoms with Gasteiger partial charge in [0.1, 0.15) is 9.84 Å². The van der Waals surface area contributed by atoms with Crippen LogP contribution in [0.1, 0.15) is 32.3 Å². The molecule has 0 heterocycles. The zero-order chi connectivity index (χ0) is 14.8. The lowest BCUT2D eigenvalue weighted by molar-refractivity contribution is 0.138. The summed E-state index contributed by atoms with van der Waals surface area (Å²) in [5, 5.41) is 0. The molecule has 20 heavy (non-hydrogen) atoms. The molecule has 4 heteroatoms. The Morgan fingerprint density at radius 2 is 1.75 bits per heavy atom. The summed E-state index contributed by atoms with van der Waals surface area (Å²) in [4.78, 5) is 0. The van der Waals surface area contributed by atoms with Crippen molar-refractivity contribution in [3.63, 3.8) is 0 Å². The highest BCUT2D eigenvalue weighted by Gasteiger charge is 2.11. The molecule has 114 valence electrons. The zero-order valence-electron chi connectivity index (χ0n) is 12.5. The summed E-state index contributed by atoms with van der Waals surface area (Å²) in [7, 11) is -2.90. The summed E-state index contributed by atoms with van der Waals surface area (Å²) >= 11 is 0. The van der Waals surface area contributed by atoms with Crippen LogP contribution in [0.5, 0.6) is 0 Å². The Kier molecular flexibility index (Phi) is 7.85. The summed E-state index contributed by atoms with van der Waals surface area (Å²) < 4.78 is 29.0. The van der Waals surface area contributed by atoms with Crippen LogP contribution in [0.2, 0.25) is 0 Å². The van der Waals surface area contributed by atoms with Crippen molar-refractivity contribution < 1.29 is 13.2 Å². The predicted octanol–water partition coefficient (Wildman–Crippen LogP) is 3.10. The van der Waals surface area contributed by atoms with E-state index in [-0.39, 0.29) is 5.75 Å². The van der Waals surface area contributed by atoms with Crippen molar-refractivity contribution in [1.29, 1.82) is 0 Å². The fraction of sp³-hybridized carbons (Fsp3) is 0.625. The number of rotatable bonds is 10. The Morgan fingerprint density at radius 1 is 1.05 bits per heavy atom. The van der Waals surface area contributed by atoms with Crippen LogP contribution in [0.25, 0.3) is 0 Å². The Labute approximate surface area is 123 Å². The van der Waals surface area contributed by atoms with E-state index in [4.69, 9.17) is 4.74 Å².